The van der Waals surface area contributed by atoms with Crippen molar-refractivity contribution in [2.24, 2.45) is 5.11 Å². The Morgan fingerprint density at radius 1 is 1.53 bits per heavy atom. The molecule has 0 saturated heterocycles. The molecule has 1 rings (SSSR count). The fraction of sp³-hybridized carbons (Fsp3) is 0.200. The van der Waals surface area contributed by atoms with Crippen LogP contribution in [0.15, 0.2) is 29.4 Å². The summed E-state index contributed by atoms with van der Waals surface area (Å²) in [5, 5.41) is 3.84. The Morgan fingerprint density at radius 2 is 2.33 bits per heavy atom. The molecule has 0 saturated carbocycles. The summed E-state index contributed by atoms with van der Waals surface area (Å²) >= 11 is 5.71. The van der Waals surface area contributed by atoms with E-state index >= 15 is 0 Å². The van der Waals surface area contributed by atoms with Crippen LogP contribution in [0.5, 0.6) is 0 Å². The van der Waals surface area contributed by atoms with Crippen LogP contribution in [0.4, 0.5) is 4.39 Å². The van der Waals surface area contributed by atoms with E-state index in [2.05, 4.69) is 10.0 Å². The van der Waals surface area contributed by atoms with Crippen molar-refractivity contribution in [3.63, 3.8) is 0 Å². The molecule has 0 amide bonds. The monoisotopic (exact) mass is 225 g/mol. The van der Waals surface area contributed by atoms with Crippen molar-refractivity contribution in [2.75, 3.05) is 6.54 Å². The Kier molecular flexibility index (Phi) is 4.68. The van der Waals surface area contributed by atoms with Gasteiger partial charge in [-0.15, -0.1) is 0 Å². The number of halogens is 2. The average Bonchev–Trinajstić information content (AvgIpc) is 2.23. The SMILES string of the molecule is [N-]=[N+]=NCCC=Cc1cc(Cl)ccc1F. The second-order valence-corrected chi connectivity index (χ2v) is 3.25. The van der Waals surface area contributed by atoms with Gasteiger partial charge in [-0.1, -0.05) is 28.9 Å². The lowest BCUT2D eigenvalue weighted by atomic mass is 10.2. The van der Waals surface area contributed by atoms with Crippen molar-refractivity contribution in [3.05, 3.63) is 51.1 Å². The van der Waals surface area contributed by atoms with Crippen LogP contribution >= 0.6 is 11.6 Å². The zero-order valence-electron chi connectivity index (χ0n) is 7.90. The number of hydrogen-bond acceptors (Lipinski definition) is 1. The van der Waals surface area contributed by atoms with Crippen molar-refractivity contribution in [3.8, 4) is 0 Å². The van der Waals surface area contributed by atoms with Gasteiger partial charge in [0, 0.05) is 22.0 Å². The second-order valence-electron chi connectivity index (χ2n) is 2.81. The van der Waals surface area contributed by atoms with Crippen LogP contribution in [0, 0.1) is 5.82 Å². The highest BCUT2D eigenvalue weighted by molar-refractivity contribution is 6.30. The zero-order valence-corrected chi connectivity index (χ0v) is 8.65. The molecule has 0 unspecified atom stereocenters. The Labute approximate surface area is 91.8 Å². The van der Waals surface area contributed by atoms with Gasteiger partial charge in [-0.2, -0.15) is 0 Å². The fourth-order valence-electron chi connectivity index (χ4n) is 1.03. The largest absolute Gasteiger partial charge is 0.206 e. The molecule has 3 nitrogen and oxygen atoms in total. The maximum atomic E-state index is 13.2. The van der Waals surface area contributed by atoms with Gasteiger partial charge in [-0.05, 0) is 30.2 Å². The minimum absolute atomic E-state index is 0.320. The molecule has 0 aliphatic carbocycles. The molecule has 0 spiro atoms. The normalized spacial score (nSPS) is 10.3. The predicted octanol–water partition coefficient (Wildman–Crippen LogP) is 4.19. The minimum Gasteiger partial charge on any atom is -0.206 e. The summed E-state index contributed by atoms with van der Waals surface area (Å²) < 4.78 is 13.2. The quantitative estimate of drug-likeness (QED) is 0.319. The molecular formula is C10H9ClFN3. The lowest BCUT2D eigenvalue weighted by molar-refractivity contribution is 0.625. The van der Waals surface area contributed by atoms with Gasteiger partial charge in [0.15, 0.2) is 0 Å². The van der Waals surface area contributed by atoms with Crippen molar-refractivity contribution in [2.45, 2.75) is 6.42 Å². The van der Waals surface area contributed by atoms with E-state index in [1.54, 1.807) is 18.2 Å². The first-order valence-corrected chi connectivity index (χ1v) is 4.74. The van der Waals surface area contributed by atoms with Crippen LogP contribution in [0.3, 0.4) is 0 Å². The molecule has 1 aromatic carbocycles. The lowest BCUT2D eigenvalue weighted by Gasteiger charge is -1.96. The smallest absolute Gasteiger partial charge is 0.130 e. The van der Waals surface area contributed by atoms with E-state index in [0.717, 1.165) is 0 Å². The summed E-state index contributed by atoms with van der Waals surface area (Å²) in [6.45, 7) is 0.370. The van der Waals surface area contributed by atoms with E-state index in [-0.39, 0.29) is 5.82 Å². The summed E-state index contributed by atoms with van der Waals surface area (Å²) in [5.41, 5.74) is 8.45. The maximum absolute atomic E-state index is 13.2. The van der Waals surface area contributed by atoms with E-state index in [9.17, 15) is 4.39 Å². The third kappa shape index (κ3) is 4.02. The van der Waals surface area contributed by atoms with Crippen molar-refractivity contribution in [1.29, 1.82) is 0 Å². The van der Waals surface area contributed by atoms with E-state index in [4.69, 9.17) is 17.1 Å². The van der Waals surface area contributed by atoms with Gasteiger partial charge >= 0.3 is 0 Å². The zero-order chi connectivity index (χ0) is 11.1. The van der Waals surface area contributed by atoms with Crippen LogP contribution in [0.1, 0.15) is 12.0 Å². The first-order chi connectivity index (χ1) is 7.24. The number of benzene rings is 1. The number of nitrogens with zero attached hydrogens (tertiary/aromatic N) is 3. The van der Waals surface area contributed by atoms with Gasteiger partial charge < -0.3 is 0 Å². The molecular weight excluding hydrogens is 217 g/mol. The maximum Gasteiger partial charge on any atom is 0.130 e. The molecule has 5 heteroatoms. The summed E-state index contributed by atoms with van der Waals surface area (Å²) in [6, 6.07) is 4.35. The number of hydrogen-bond donors (Lipinski definition) is 0. The molecule has 0 aliphatic rings. The number of rotatable bonds is 4. The Bertz CT molecular complexity index is 411. The van der Waals surface area contributed by atoms with Crippen LogP contribution in [0.2, 0.25) is 5.02 Å². The molecule has 1 aromatic rings. The highest BCUT2D eigenvalue weighted by Gasteiger charge is 1.97. The summed E-state index contributed by atoms with van der Waals surface area (Å²) in [4.78, 5) is 2.61. The van der Waals surface area contributed by atoms with Crippen molar-refractivity contribution in [1.82, 2.24) is 0 Å². The molecule has 0 fully saturated rings. The molecule has 0 heterocycles. The summed E-state index contributed by atoms with van der Waals surface area (Å²) in [5.74, 6) is -0.320. The van der Waals surface area contributed by atoms with Gasteiger partial charge in [0.1, 0.15) is 5.82 Å². The van der Waals surface area contributed by atoms with Crippen molar-refractivity contribution < 1.29 is 4.39 Å². The van der Waals surface area contributed by atoms with E-state index < -0.39 is 0 Å². The summed E-state index contributed by atoms with van der Waals surface area (Å²) in [6.07, 6.45) is 3.94. The summed E-state index contributed by atoms with van der Waals surface area (Å²) in [7, 11) is 0. The highest BCUT2D eigenvalue weighted by atomic mass is 35.5. The average molecular weight is 226 g/mol. The molecule has 0 radical (unpaired) electrons. The topological polar surface area (TPSA) is 48.8 Å². The molecule has 0 atom stereocenters. The van der Waals surface area contributed by atoms with Gasteiger partial charge in [0.05, 0.1) is 0 Å². The first kappa shape index (κ1) is 11.6. The first-order valence-electron chi connectivity index (χ1n) is 4.36. The van der Waals surface area contributed by atoms with E-state index in [1.165, 1.54) is 12.1 Å². The van der Waals surface area contributed by atoms with Crippen LogP contribution in [0.25, 0.3) is 16.5 Å². The molecule has 78 valence electrons. The lowest BCUT2D eigenvalue weighted by Crippen LogP contribution is -1.81. The van der Waals surface area contributed by atoms with Gasteiger partial charge in [0.25, 0.3) is 0 Å². The Balaban J connectivity index is 2.63. The molecule has 15 heavy (non-hydrogen) atoms. The molecule has 0 bridgehead atoms. The minimum atomic E-state index is -0.320. The predicted molar refractivity (Wildman–Crippen MR) is 59.1 cm³/mol. The second kappa shape index (κ2) is 6.06. The number of azide groups is 1. The fourth-order valence-corrected chi connectivity index (χ4v) is 1.21. The van der Waals surface area contributed by atoms with Gasteiger partial charge in [-0.25, -0.2) is 4.39 Å². The van der Waals surface area contributed by atoms with Gasteiger partial charge in [0.2, 0.25) is 0 Å². The Morgan fingerprint density at radius 3 is 3.07 bits per heavy atom. The molecule has 0 aliphatic heterocycles. The highest BCUT2D eigenvalue weighted by Crippen LogP contribution is 2.16. The van der Waals surface area contributed by atoms with Gasteiger partial charge in [-0.3, -0.25) is 0 Å². The standard InChI is InChI=1S/C10H9ClFN3/c11-9-4-5-10(12)8(7-9)3-1-2-6-14-15-13/h1,3-5,7H,2,6H2. The third-order valence-corrected chi connectivity index (χ3v) is 1.95. The van der Waals surface area contributed by atoms with Crippen LogP contribution < -0.4 is 0 Å². The van der Waals surface area contributed by atoms with E-state index in [0.29, 0.717) is 23.6 Å². The molecule has 0 aromatic heterocycles. The van der Waals surface area contributed by atoms with E-state index in [1.807, 2.05) is 0 Å². The van der Waals surface area contributed by atoms with Crippen LogP contribution in [-0.2, 0) is 0 Å². The Hall–Kier alpha value is -1.51. The third-order valence-electron chi connectivity index (χ3n) is 1.71. The van der Waals surface area contributed by atoms with Crippen molar-refractivity contribution >= 4 is 17.7 Å². The van der Waals surface area contributed by atoms with Crippen LogP contribution in [-0.4, -0.2) is 6.54 Å². The molecule has 0 N–H and O–H groups in total.